The van der Waals surface area contributed by atoms with Crippen molar-refractivity contribution in [1.82, 2.24) is 30.4 Å². The normalized spacial score (nSPS) is 12.1. The molecule has 0 bridgehead atoms. The van der Waals surface area contributed by atoms with Gasteiger partial charge in [0, 0.05) is 45.8 Å². The van der Waals surface area contributed by atoms with E-state index in [2.05, 4.69) is 36.1 Å². The highest BCUT2D eigenvalue weighted by Gasteiger charge is 2.33. The van der Waals surface area contributed by atoms with Gasteiger partial charge in [0.05, 0.1) is 5.56 Å². The third kappa shape index (κ3) is 6.12. The van der Waals surface area contributed by atoms with E-state index in [4.69, 9.17) is 0 Å². The summed E-state index contributed by atoms with van der Waals surface area (Å²) < 4.78 is 40.7. The number of nitrogens with one attached hydrogen (secondary N) is 3. The van der Waals surface area contributed by atoms with Crippen LogP contribution in [-0.2, 0) is 19.1 Å². The van der Waals surface area contributed by atoms with Crippen molar-refractivity contribution in [3.63, 3.8) is 0 Å². The molecule has 0 saturated carbocycles. The van der Waals surface area contributed by atoms with Gasteiger partial charge < -0.3 is 20.5 Å². The molecule has 2 aromatic rings. The SMILES string of the molecule is CCc1nncn1CCNC(=NC)NCCNc1ncccc1C(F)(F)F. The first-order valence-electron chi connectivity index (χ1n) is 8.53. The Morgan fingerprint density at radius 2 is 2.00 bits per heavy atom. The minimum atomic E-state index is -4.44. The van der Waals surface area contributed by atoms with Gasteiger partial charge >= 0.3 is 6.18 Å². The number of aromatic nitrogens is 4. The van der Waals surface area contributed by atoms with Crippen molar-refractivity contribution in [2.45, 2.75) is 26.1 Å². The molecule has 0 aliphatic rings. The molecule has 8 nitrogen and oxygen atoms in total. The first-order chi connectivity index (χ1) is 13.0. The average molecular weight is 384 g/mol. The Morgan fingerprint density at radius 1 is 1.22 bits per heavy atom. The summed E-state index contributed by atoms with van der Waals surface area (Å²) in [6.45, 7) is 3.93. The lowest BCUT2D eigenvalue weighted by atomic mass is 10.2. The maximum atomic E-state index is 12.9. The monoisotopic (exact) mass is 384 g/mol. The summed E-state index contributed by atoms with van der Waals surface area (Å²) in [6, 6.07) is 2.26. The molecule has 2 rings (SSSR count). The van der Waals surface area contributed by atoms with Gasteiger partial charge in [-0.15, -0.1) is 10.2 Å². The molecule has 0 aromatic carbocycles. The molecule has 0 aliphatic carbocycles. The van der Waals surface area contributed by atoms with Gasteiger partial charge in [0.25, 0.3) is 0 Å². The highest BCUT2D eigenvalue weighted by Crippen LogP contribution is 2.33. The fraction of sp³-hybridized carbons (Fsp3) is 0.500. The summed E-state index contributed by atoms with van der Waals surface area (Å²) >= 11 is 0. The molecule has 0 aliphatic heterocycles. The predicted molar refractivity (Wildman–Crippen MR) is 96.5 cm³/mol. The zero-order chi connectivity index (χ0) is 19.7. The maximum Gasteiger partial charge on any atom is 0.419 e. The second kappa shape index (κ2) is 9.74. The zero-order valence-corrected chi connectivity index (χ0v) is 15.2. The van der Waals surface area contributed by atoms with E-state index < -0.39 is 11.7 Å². The Labute approximate surface area is 155 Å². The van der Waals surface area contributed by atoms with Crippen molar-refractivity contribution in [3.05, 3.63) is 36.0 Å². The number of halogens is 3. The molecule has 148 valence electrons. The van der Waals surface area contributed by atoms with Crippen molar-refractivity contribution in [1.29, 1.82) is 0 Å². The summed E-state index contributed by atoms with van der Waals surface area (Å²) in [7, 11) is 1.62. The number of aryl methyl sites for hydroxylation is 1. The van der Waals surface area contributed by atoms with Crippen LogP contribution in [0, 0.1) is 0 Å². The van der Waals surface area contributed by atoms with Crippen LogP contribution in [0.15, 0.2) is 29.6 Å². The summed E-state index contributed by atoms with van der Waals surface area (Å²) in [5, 5.41) is 16.7. The van der Waals surface area contributed by atoms with Crippen molar-refractivity contribution in [2.24, 2.45) is 4.99 Å². The molecular weight excluding hydrogens is 361 g/mol. The standard InChI is InChI=1S/C16H23F3N8/c1-3-13-26-25-11-27(13)10-9-24-15(20-2)23-8-7-22-14-12(16(17,18)19)5-4-6-21-14/h4-6,11H,3,7-10H2,1-2H3,(H,21,22)(H2,20,23,24). The number of alkyl halides is 3. The lowest BCUT2D eigenvalue weighted by Gasteiger charge is -2.15. The number of guanidine groups is 1. The van der Waals surface area contributed by atoms with E-state index in [0.29, 0.717) is 25.6 Å². The lowest BCUT2D eigenvalue weighted by molar-refractivity contribution is -0.137. The first-order valence-corrected chi connectivity index (χ1v) is 8.53. The Balaban J connectivity index is 1.74. The number of nitrogens with zero attached hydrogens (tertiary/aromatic N) is 5. The number of rotatable bonds is 8. The van der Waals surface area contributed by atoms with E-state index in [1.807, 2.05) is 11.5 Å². The number of hydrogen-bond donors (Lipinski definition) is 3. The molecule has 0 saturated heterocycles. The van der Waals surface area contributed by atoms with Gasteiger partial charge in [-0.1, -0.05) is 6.92 Å². The van der Waals surface area contributed by atoms with Gasteiger partial charge in [0.2, 0.25) is 0 Å². The quantitative estimate of drug-likeness (QED) is 0.363. The Hall–Kier alpha value is -2.85. The van der Waals surface area contributed by atoms with Crippen LogP contribution in [-0.4, -0.2) is 52.4 Å². The van der Waals surface area contributed by atoms with Crippen molar-refractivity contribution >= 4 is 11.8 Å². The van der Waals surface area contributed by atoms with Crippen LogP contribution >= 0.6 is 0 Å². The summed E-state index contributed by atoms with van der Waals surface area (Å²) in [5.74, 6) is 1.27. The molecule has 0 fully saturated rings. The molecule has 0 atom stereocenters. The molecule has 0 unspecified atom stereocenters. The van der Waals surface area contributed by atoms with E-state index in [1.54, 1.807) is 13.4 Å². The van der Waals surface area contributed by atoms with Crippen LogP contribution in [0.1, 0.15) is 18.3 Å². The first kappa shape index (κ1) is 20.5. The van der Waals surface area contributed by atoms with Gasteiger partial charge in [-0.05, 0) is 12.1 Å². The minimum Gasteiger partial charge on any atom is -0.368 e. The topological polar surface area (TPSA) is 92.0 Å². The number of hydrogen-bond acceptors (Lipinski definition) is 5. The van der Waals surface area contributed by atoms with Gasteiger partial charge in [-0.3, -0.25) is 4.99 Å². The van der Waals surface area contributed by atoms with Crippen LogP contribution < -0.4 is 16.0 Å². The zero-order valence-electron chi connectivity index (χ0n) is 15.2. The third-order valence-corrected chi connectivity index (χ3v) is 3.70. The van der Waals surface area contributed by atoms with Crippen LogP contribution in [0.2, 0.25) is 0 Å². The lowest BCUT2D eigenvalue weighted by Crippen LogP contribution is -2.41. The van der Waals surface area contributed by atoms with E-state index in [1.165, 1.54) is 12.3 Å². The Morgan fingerprint density at radius 3 is 2.70 bits per heavy atom. The average Bonchev–Trinajstić information content (AvgIpc) is 3.10. The van der Waals surface area contributed by atoms with Crippen LogP contribution in [0.3, 0.4) is 0 Å². The predicted octanol–water partition coefficient (Wildman–Crippen LogP) is 1.53. The van der Waals surface area contributed by atoms with Crippen LogP contribution in [0.4, 0.5) is 19.0 Å². The molecule has 2 aromatic heterocycles. The van der Waals surface area contributed by atoms with Crippen molar-refractivity contribution in [2.75, 3.05) is 32.0 Å². The van der Waals surface area contributed by atoms with E-state index in [9.17, 15) is 13.2 Å². The summed E-state index contributed by atoms with van der Waals surface area (Å²) in [4.78, 5) is 7.84. The van der Waals surface area contributed by atoms with E-state index in [-0.39, 0.29) is 12.4 Å². The van der Waals surface area contributed by atoms with Gasteiger partial charge in [0.15, 0.2) is 5.96 Å². The molecule has 0 spiro atoms. The second-order valence-corrected chi connectivity index (χ2v) is 5.54. The molecule has 27 heavy (non-hydrogen) atoms. The minimum absolute atomic E-state index is 0.186. The fourth-order valence-electron chi connectivity index (χ4n) is 2.39. The van der Waals surface area contributed by atoms with E-state index in [0.717, 1.165) is 18.3 Å². The molecule has 0 radical (unpaired) electrons. The highest BCUT2D eigenvalue weighted by molar-refractivity contribution is 5.79. The smallest absolute Gasteiger partial charge is 0.368 e. The van der Waals surface area contributed by atoms with Gasteiger partial charge in [0.1, 0.15) is 18.0 Å². The molecule has 11 heteroatoms. The molecule has 2 heterocycles. The number of anilines is 1. The largest absolute Gasteiger partial charge is 0.419 e. The van der Waals surface area contributed by atoms with Gasteiger partial charge in [-0.25, -0.2) is 4.98 Å². The second-order valence-electron chi connectivity index (χ2n) is 5.54. The molecule has 3 N–H and O–H groups in total. The van der Waals surface area contributed by atoms with Crippen molar-refractivity contribution < 1.29 is 13.2 Å². The van der Waals surface area contributed by atoms with Crippen LogP contribution in [0.25, 0.3) is 0 Å². The summed E-state index contributed by atoms with van der Waals surface area (Å²) in [5.41, 5.74) is -0.784. The van der Waals surface area contributed by atoms with Crippen molar-refractivity contribution in [3.8, 4) is 0 Å². The van der Waals surface area contributed by atoms with Crippen LogP contribution in [0.5, 0.6) is 0 Å². The van der Waals surface area contributed by atoms with E-state index >= 15 is 0 Å². The Bertz CT molecular complexity index is 741. The number of pyridine rings is 1. The Kier molecular flexibility index (Phi) is 7.38. The molecule has 0 amide bonds. The number of aliphatic imine (C=N–C) groups is 1. The highest BCUT2D eigenvalue weighted by atomic mass is 19.4. The maximum absolute atomic E-state index is 12.9. The third-order valence-electron chi connectivity index (χ3n) is 3.70. The fourth-order valence-corrected chi connectivity index (χ4v) is 2.39. The summed E-state index contributed by atoms with van der Waals surface area (Å²) in [6.07, 6.45) is -0.653. The molecular formula is C16H23F3N8. The van der Waals surface area contributed by atoms with Gasteiger partial charge in [-0.2, -0.15) is 13.2 Å².